The van der Waals surface area contributed by atoms with E-state index >= 15 is 0 Å². The molecular formula is C9H13ClN2O2. The fourth-order valence-corrected chi connectivity index (χ4v) is 1.05. The zero-order valence-corrected chi connectivity index (χ0v) is 9.21. The van der Waals surface area contributed by atoms with Crippen LogP contribution in [-0.4, -0.2) is 23.2 Å². The Morgan fingerprint density at radius 3 is 2.64 bits per heavy atom. The van der Waals surface area contributed by atoms with Crippen molar-refractivity contribution in [2.24, 2.45) is 0 Å². The fraction of sp³-hybridized carbons (Fsp3) is 0.556. The van der Waals surface area contributed by atoms with Crippen molar-refractivity contribution in [3.05, 3.63) is 11.8 Å². The van der Waals surface area contributed by atoms with E-state index in [1.54, 1.807) is 6.07 Å². The number of halogens is 1. The molecular weight excluding hydrogens is 204 g/mol. The maximum atomic E-state index is 5.66. The third kappa shape index (κ3) is 3.03. The van der Waals surface area contributed by atoms with E-state index in [0.29, 0.717) is 17.5 Å². The Morgan fingerprint density at radius 1 is 1.43 bits per heavy atom. The van der Waals surface area contributed by atoms with Crippen molar-refractivity contribution < 1.29 is 9.47 Å². The van der Waals surface area contributed by atoms with Crippen LogP contribution in [-0.2, 0) is 5.88 Å². The molecule has 5 heteroatoms. The number of nitrogens with zero attached hydrogens (tertiary/aromatic N) is 2. The Labute approximate surface area is 88.2 Å². The summed E-state index contributed by atoms with van der Waals surface area (Å²) in [4.78, 5) is 8.06. The molecule has 1 aromatic rings. The lowest BCUT2D eigenvalue weighted by molar-refractivity contribution is 0.227. The molecule has 0 saturated carbocycles. The minimum absolute atomic E-state index is 0.0674. The van der Waals surface area contributed by atoms with Crippen molar-refractivity contribution in [3.8, 4) is 11.9 Å². The molecule has 1 rings (SSSR count). The number of alkyl halides is 1. The fourth-order valence-electron chi connectivity index (χ4n) is 0.911. The van der Waals surface area contributed by atoms with Crippen molar-refractivity contribution in [1.29, 1.82) is 0 Å². The molecule has 0 amide bonds. The Hall–Kier alpha value is -1.03. The summed E-state index contributed by atoms with van der Waals surface area (Å²) in [5, 5.41) is 0. The lowest BCUT2D eigenvalue weighted by atomic mass is 10.4. The standard InChI is InChI=1S/C9H13ClN2O2/c1-6(2)14-8-4-7(5-10)11-9(12-8)13-3/h4,6H,5H2,1-3H3. The van der Waals surface area contributed by atoms with Crippen LogP contribution in [0, 0.1) is 0 Å². The van der Waals surface area contributed by atoms with E-state index in [0.717, 1.165) is 0 Å². The molecule has 0 atom stereocenters. The molecule has 0 aliphatic heterocycles. The van der Waals surface area contributed by atoms with Gasteiger partial charge in [-0.15, -0.1) is 11.6 Å². The van der Waals surface area contributed by atoms with Crippen LogP contribution in [0.25, 0.3) is 0 Å². The first-order valence-electron chi connectivity index (χ1n) is 4.30. The van der Waals surface area contributed by atoms with E-state index < -0.39 is 0 Å². The maximum Gasteiger partial charge on any atom is 0.319 e. The van der Waals surface area contributed by atoms with Crippen LogP contribution in [0.1, 0.15) is 19.5 Å². The molecule has 0 aliphatic rings. The largest absolute Gasteiger partial charge is 0.475 e. The third-order valence-electron chi connectivity index (χ3n) is 1.41. The molecule has 78 valence electrons. The minimum Gasteiger partial charge on any atom is -0.475 e. The summed E-state index contributed by atoms with van der Waals surface area (Å²) in [6.45, 7) is 3.85. The van der Waals surface area contributed by atoms with E-state index in [4.69, 9.17) is 21.1 Å². The summed E-state index contributed by atoms with van der Waals surface area (Å²) in [7, 11) is 1.51. The van der Waals surface area contributed by atoms with Crippen LogP contribution in [0.4, 0.5) is 0 Å². The van der Waals surface area contributed by atoms with Gasteiger partial charge in [-0.2, -0.15) is 9.97 Å². The SMILES string of the molecule is COc1nc(CCl)cc(OC(C)C)n1. The number of ether oxygens (including phenoxy) is 2. The van der Waals surface area contributed by atoms with Crippen LogP contribution in [0.5, 0.6) is 11.9 Å². The molecule has 0 radical (unpaired) electrons. The topological polar surface area (TPSA) is 44.2 Å². The number of rotatable bonds is 4. The van der Waals surface area contributed by atoms with Gasteiger partial charge < -0.3 is 9.47 Å². The Morgan fingerprint density at radius 2 is 2.14 bits per heavy atom. The highest BCUT2D eigenvalue weighted by Gasteiger charge is 2.06. The van der Waals surface area contributed by atoms with Crippen LogP contribution >= 0.6 is 11.6 Å². The third-order valence-corrected chi connectivity index (χ3v) is 1.68. The normalized spacial score (nSPS) is 10.4. The molecule has 0 N–H and O–H groups in total. The second kappa shape index (κ2) is 5.00. The first kappa shape index (κ1) is 11.0. The van der Waals surface area contributed by atoms with Crippen molar-refractivity contribution in [2.45, 2.75) is 25.8 Å². The lowest BCUT2D eigenvalue weighted by Gasteiger charge is -2.09. The quantitative estimate of drug-likeness (QED) is 0.723. The predicted octanol–water partition coefficient (Wildman–Crippen LogP) is 2.01. The molecule has 0 aliphatic carbocycles. The van der Waals surface area contributed by atoms with Gasteiger partial charge in [-0.25, -0.2) is 0 Å². The Bertz CT molecular complexity index is 283. The minimum atomic E-state index is 0.0674. The highest BCUT2D eigenvalue weighted by atomic mass is 35.5. The average Bonchev–Trinajstić information content (AvgIpc) is 2.16. The predicted molar refractivity (Wildman–Crippen MR) is 53.9 cm³/mol. The molecule has 0 fully saturated rings. The highest BCUT2D eigenvalue weighted by Crippen LogP contribution is 2.16. The molecule has 0 saturated heterocycles. The molecule has 1 aromatic heterocycles. The molecule has 0 aromatic carbocycles. The number of aromatic nitrogens is 2. The van der Waals surface area contributed by atoms with Gasteiger partial charge in [0.1, 0.15) is 0 Å². The van der Waals surface area contributed by atoms with Gasteiger partial charge in [-0.05, 0) is 13.8 Å². The van der Waals surface area contributed by atoms with Crippen molar-refractivity contribution in [3.63, 3.8) is 0 Å². The van der Waals surface area contributed by atoms with Crippen molar-refractivity contribution >= 4 is 11.6 Å². The summed E-state index contributed by atoms with van der Waals surface area (Å²) < 4.78 is 10.3. The summed E-state index contributed by atoms with van der Waals surface area (Å²) in [5.41, 5.74) is 0.689. The summed E-state index contributed by atoms with van der Waals surface area (Å²) >= 11 is 5.66. The van der Waals surface area contributed by atoms with Crippen LogP contribution in [0.3, 0.4) is 0 Å². The first-order valence-corrected chi connectivity index (χ1v) is 4.83. The van der Waals surface area contributed by atoms with Crippen LogP contribution in [0.15, 0.2) is 6.07 Å². The lowest BCUT2D eigenvalue weighted by Crippen LogP contribution is -2.08. The van der Waals surface area contributed by atoms with Crippen molar-refractivity contribution in [1.82, 2.24) is 9.97 Å². The van der Waals surface area contributed by atoms with Gasteiger partial charge in [0, 0.05) is 6.07 Å². The molecule has 0 spiro atoms. The first-order chi connectivity index (χ1) is 6.65. The highest BCUT2D eigenvalue weighted by molar-refractivity contribution is 6.16. The van der Waals surface area contributed by atoms with E-state index in [9.17, 15) is 0 Å². The molecule has 0 unspecified atom stereocenters. The van der Waals surface area contributed by atoms with E-state index in [1.165, 1.54) is 7.11 Å². The zero-order valence-electron chi connectivity index (χ0n) is 8.45. The molecule has 4 nitrogen and oxygen atoms in total. The van der Waals surface area contributed by atoms with Crippen LogP contribution in [0.2, 0.25) is 0 Å². The average molecular weight is 217 g/mol. The molecule has 14 heavy (non-hydrogen) atoms. The van der Waals surface area contributed by atoms with Gasteiger partial charge in [0.15, 0.2) is 0 Å². The van der Waals surface area contributed by atoms with Gasteiger partial charge in [0.25, 0.3) is 0 Å². The van der Waals surface area contributed by atoms with E-state index in [1.807, 2.05) is 13.8 Å². The van der Waals surface area contributed by atoms with E-state index in [2.05, 4.69) is 9.97 Å². The number of hydrogen-bond acceptors (Lipinski definition) is 4. The Kier molecular flexibility index (Phi) is 3.95. The second-order valence-corrected chi connectivity index (χ2v) is 3.25. The summed E-state index contributed by atoms with van der Waals surface area (Å²) in [6, 6.07) is 1.98. The van der Waals surface area contributed by atoms with Gasteiger partial charge in [0.2, 0.25) is 5.88 Å². The van der Waals surface area contributed by atoms with Gasteiger partial charge >= 0.3 is 6.01 Å². The number of hydrogen-bond donors (Lipinski definition) is 0. The molecule has 0 bridgehead atoms. The maximum absolute atomic E-state index is 5.66. The Balaban J connectivity index is 2.92. The zero-order chi connectivity index (χ0) is 10.6. The monoisotopic (exact) mass is 216 g/mol. The van der Waals surface area contributed by atoms with Gasteiger partial charge in [0.05, 0.1) is 24.8 Å². The van der Waals surface area contributed by atoms with Crippen molar-refractivity contribution in [2.75, 3.05) is 7.11 Å². The smallest absolute Gasteiger partial charge is 0.319 e. The van der Waals surface area contributed by atoms with E-state index in [-0.39, 0.29) is 12.1 Å². The summed E-state index contributed by atoms with van der Waals surface area (Å²) in [6.07, 6.45) is 0.0674. The van der Waals surface area contributed by atoms with Gasteiger partial charge in [-0.3, -0.25) is 0 Å². The second-order valence-electron chi connectivity index (χ2n) is 2.98. The van der Waals surface area contributed by atoms with Gasteiger partial charge in [-0.1, -0.05) is 0 Å². The van der Waals surface area contributed by atoms with Crippen LogP contribution < -0.4 is 9.47 Å². The summed E-state index contributed by atoms with van der Waals surface area (Å²) in [5.74, 6) is 0.801. The molecule has 1 heterocycles. The number of methoxy groups -OCH3 is 1.